The van der Waals surface area contributed by atoms with Crippen LogP contribution >= 0.6 is 0 Å². The van der Waals surface area contributed by atoms with E-state index in [1.54, 1.807) is 0 Å². The number of hydrogen-bond donors (Lipinski definition) is 5. The average Bonchev–Trinajstić information content (AvgIpc) is 2.32. The van der Waals surface area contributed by atoms with E-state index < -0.39 is 19.4 Å². The molecule has 8 nitrogen and oxygen atoms in total. The summed E-state index contributed by atoms with van der Waals surface area (Å²) in [5, 5.41) is 0. The fraction of sp³-hybridized carbons (Fsp3) is 1.00. The van der Waals surface area contributed by atoms with Gasteiger partial charge >= 0.3 is 42.5 Å². The second-order valence-electron chi connectivity index (χ2n) is 5.03. The van der Waals surface area contributed by atoms with Crippen molar-refractivity contribution < 1.29 is 36.3 Å². The summed E-state index contributed by atoms with van der Waals surface area (Å²) in [6.07, 6.45) is 11.9. The minimum atomic E-state index is -4.61. The normalized spacial score (nSPS) is 11.4. The first-order valence-electron chi connectivity index (χ1n) is 7.57. The highest BCUT2D eigenvalue weighted by atomic mass is 32.3. The molecule has 0 radical (unpaired) electrons. The maximum Gasteiger partial charge on any atom is 0.668 e. The van der Waals surface area contributed by atoms with Gasteiger partial charge in [0.15, 0.2) is 0 Å². The number of unbranched alkanes of at least 4 members (excludes halogenated alkanes) is 9. The molecule has 11 heteroatoms. The van der Waals surface area contributed by atoms with Crippen molar-refractivity contribution in [2.45, 2.75) is 71.1 Å². The summed E-state index contributed by atoms with van der Waals surface area (Å²) in [5.74, 6) is 0. The van der Waals surface area contributed by atoms with E-state index in [1.807, 2.05) is 0 Å². The van der Waals surface area contributed by atoms with Gasteiger partial charge in [0.05, 0.1) is 6.61 Å². The maximum atomic E-state index is 10.2. The van der Waals surface area contributed by atoms with Crippen LogP contribution in [0.25, 0.3) is 0 Å². The lowest BCUT2D eigenvalue weighted by atomic mass is 10.1. The SMILES string of the molecule is CCCCCCCCCCCCOS(=O)(=O)O.O[Si](O)(O)O.[MgH2]. The Bertz CT molecular complexity index is 328. The van der Waals surface area contributed by atoms with Gasteiger partial charge in [-0.3, -0.25) is 4.55 Å². The molecule has 0 spiro atoms. The molecule has 0 saturated heterocycles. The van der Waals surface area contributed by atoms with Gasteiger partial charge in [-0.1, -0.05) is 64.7 Å². The fourth-order valence-corrected chi connectivity index (χ4v) is 2.08. The molecule has 0 aliphatic carbocycles. The van der Waals surface area contributed by atoms with E-state index in [2.05, 4.69) is 11.1 Å². The summed E-state index contributed by atoms with van der Waals surface area (Å²) in [4.78, 5) is 29.3. The fourth-order valence-electron chi connectivity index (χ4n) is 1.75. The van der Waals surface area contributed by atoms with Crippen LogP contribution in [-0.4, -0.2) is 70.9 Å². The summed E-state index contributed by atoms with van der Waals surface area (Å²) in [6.45, 7) is 2.31. The van der Waals surface area contributed by atoms with Crippen LogP contribution in [0.4, 0.5) is 0 Å². The van der Waals surface area contributed by atoms with Gasteiger partial charge in [-0.05, 0) is 6.42 Å². The monoisotopic (exact) mass is 388 g/mol. The third-order valence-corrected chi connectivity index (χ3v) is 3.19. The van der Waals surface area contributed by atoms with Gasteiger partial charge in [-0.25, -0.2) is 4.18 Å². The Morgan fingerprint density at radius 3 is 1.39 bits per heavy atom. The first kappa shape index (κ1) is 28.5. The largest absolute Gasteiger partial charge is 0.668 e. The summed E-state index contributed by atoms with van der Waals surface area (Å²) in [6, 6.07) is 0. The highest BCUT2D eigenvalue weighted by Gasteiger charge is 2.22. The van der Waals surface area contributed by atoms with Crippen molar-refractivity contribution in [3.05, 3.63) is 0 Å². The molecule has 0 fully saturated rings. The zero-order valence-corrected chi connectivity index (χ0v) is 15.0. The summed E-state index contributed by atoms with van der Waals surface area (Å²) < 4.78 is 33.0. The lowest BCUT2D eigenvalue weighted by Crippen LogP contribution is -2.33. The van der Waals surface area contributed by atoms with Gasteiger partial charge in [0, 0.05) is 0 Å². The second-order valence-corrected chi connectivity index (χ2v) is 7.32. The van der Waals surface area contributed by atoms with Crippen molar-refractivity contribution in [2.24, 2.45) is 0 Å². The molecule has 0 aliphatic rings. The highest BCUT2D eigenvalue weighted by Crippen LogP contribution is 2.10. The van der Waals surface area contributed by atoms with Gasteiger partial charge in [0.1, 0.15) is 0 Å². The molecule has 0 aliphatic heterocycles. The molecule has 140 valence electrons. The minimum absolute atomic E-state index is 0. The van der Waals surface area contributed by atoms with Gasteiger partial charge in [-0.15, -0.1) is 0 Å². The Kier molecular flexibility index (Phi) is 21.7. The van der Waals surface area contributed by atoms with Crippen LogP contribution in [-0.2, 0) is 14.6 Å². The van der Waals surface area contributed by atoms with E-state index in [9.17, 15) is 8.42 Å². The van der Waals surface area contributed by atoms with Gasteiger partial charge in [0.25, 0.3) is 0 Å². The number of rotatable bonds is 12. The third-order valence-electron chi connectivity index (χ3n) is 2.73. The highest BCUT2D eigenvalue weighted by molar-refractivity contribution is 7.80. The molecule has 0 unspecified atom stereocenters. The summed E-state index contributed by atoms with van der Waals surface area (Å²) >= 11 is 0. The molecular weight excluding hydrogens is 357 g/mol. The van der Waals surface area contributed by atoms with E-state index in [4.69, 9.17) is 23.7 Å². The smallest absolute Gasteiger partial charge is 0.368 e. The van der Waals surface area contributed by atoms with Crippen molar-refractivity contribution in [1.82, 2.24) is 0 Å². The van der Waals surface area contributed by atoms with E-state index >= 15 is 0 Å². The predicted octanol–water partition coefficient (Wildman–Crippen LogP) is 0.202. The first-order valence-corrected chi connectivity index (χ1v) is 10.7. The molecule has 0 saturated carbocycles. The van der Waals surface area contributed by atoms with Crippen LogP contribution in [0.1, 0.15) is 71.1 Å². The summed E-state index contributed by atoms with van der Waals surface area (Å²) in [5.41, 5.74) is 0. The zero-order valence-electron chi connectivity index (χ0n) is 13.1. The van der Waals surface area contributed by atoms with Crippen LogP contribution in [0.3, 0.4) is 0 Å². The lowest BCUT2D eigenvalue weighted by Gasteiger charge is -2.02. The maximum absolute atomic E-state index is 10.2. The van der Waals surface area contributed by atoms with E-state index in [0.29, 0.717) is 6.42 Å². The molecule has 0 aromatic carbocycles. The predicted molar refractivity (Wildman–Crippen MR) is 92.5 cm³/mol. The van der Waals surface area contributed by atoms with Gasteiger partial charge < -0.3 is 19.2 Å². The Morgan fingerprint density at radius 2 is 1.09 bits per heavy atom. The molecule has 0 rings (SSSR count). The second kappa shape index (κ2) is 17.5. The van der Waals surface area contributed by atoms with Crippen molar-refractivity contribution in [3.63, 3.8) is 0 Å². The van der Waals surface area contributed by atoms with Crippen molar-refractivity contribution in [2.75, 3.05) is 6.61 Å². The molecular formula is C12H32MgO8SSi. The zero-order chi connectivity index (χ0) is 17.5. The van der Waals surface area contributed by atoms with Crippen molar-refractivity contribution in [1.29, 1.82) is 0 Å². The van der Waals surface area contributed by atoms with E-state index in [0.717, 1.165) is 12.8 Å². The van der Waals surface area contributed by atoms with Crippen LogP contribution in [0.2, 0.25) is 0 Å². The Morgan fingerprint density at radius 1 is 0.783 bits per heavy atom. The Balaban J connectivity index is -0.000000578. The van der Waals surface area contributed by atoms with Crippen molar-refractivity contribution in [3.8, 4) is 0 Å². The summed E-state index contributed by atoms with van der Waals surface area (Å²) in [7, 11) is -8.85. The van der Waals surface area contributed by atoms with Crippen LogP contribution < -0.4 is 0 Å². The molecule has 0 atom stereocenters. The molecule has 0 bridgehead atoms. The third kappa shape index (κ3) is 45.0. The van der Waals surface area contributed by atoms with Crippen LogP contribution in [0.5, 0.6) is 0 Å². The molecule has 0 aromatic heterocycles. The minimum Gasteiger partial charge on any atom is -0.368 e. The topological polar surface area (TPSA) is 145 Å². The molecule has 23 heavy (non-hydrogen) atoms. The van der Waals surface area contributed by atoms with Crippen LogP contribution in [0, 0.1) is 0 Å². The Labute approximate surface area is 156 Å². The quantitative estimate of drug-likeness (QED) is 0.181. The molecule has 0 amide bonds. The standard InChI is InChI=1S/C12H26O4S.Mg.H4O4Si.2H/c1-2-3-4-5-6-7-8-9-10-11-12-16-17(13,14)15;;1-5(2,3)4;;/h2-12H2,1H3,(H,13,14,15);;1-4H;;. The van der Waals surface area contributed by atoms with E-state index in [-0.39, 0.29) is 29.7 Å². The first-order chi connectivity index (χ1) is 10.1. The molecule has 0 heterocycles. The number of hydrogen-bond acceptors (Lipinski definition) is 7. The Hall–Kier alpha value is 0.693. The van der Waals surface area contributed by atoms with Crippen LogP contribution in [0.15, 0.2) is 0 Å². The van der Waals surface area contributed by atoms with Gasteiger partial charge in [-0.2, -0.15) is 8.42 Å². The molecule has 5 N–H and O–H groups in total. The van der Waals surface area contributed by atoms with E-state index in [1.165, 1.54) is 44.9 Å². The lowest BCUT2D eigenvalue weighted by molar-refractivity contribution is 0.117. The molecule has 0 aromatic rings. The average molecular weight is 389 g/mol. The van der Waals surface area contributed by atoms with Crippen molar-refractivity contribution >= 4 is 42.5 Å². The van der Waals surface area contributed by atoms with Gasteiger partial charge in [0.2, 0.25) is 0 Å².